The second-order valence-electron chi connectivity index (χ2n) is 24.7. The van der Waals surface area contributed by atoms with Crippen molar-refractivity contribution in [3.63, 3.8) is 0 Å². The van der Waals surface area contributed by atoms with Crippen molar-refractivity contribution >= 4 is 19.7 Å². The number of carbonyl (C=O) groups excluding carboxylic acids is 2. The Morgan fingerprint density at radius 2 is 0.762 bits per heavy atom. The Bertz CT molecular complexity index is 1760. The van der Waals surface area contributed by atoms with Gasteiger partial charge in [0, 0.05) is 12.8 Å². The van der Waals surface area contributed by atoms with Crippen LogP contribution in [0.1, 0.15) is 310 Å². The predicted octanol–water partition coefficient (Wildman–Crippen LogP) is 22.3. The Labute approximate surface area is 519 Å². The van der Waals surface area contributed by atoms with E-state index in [0.29, 0.717) is 17.4 Å². The minimum absolute atomic E-state index is 0.0342. The average molecular weight is 1190 g/mol. The summed E-state index contributed by atoms with van der Waals surface area (Å²) in [5.41, 5.74) is 0. The number of phosphoric ester groups is 1. The molecule has 0 aliphatic rings. The van der Waals surface area contributed by atoms with Gasteiger partial charge in [0.1, 0.15) is 19.3 Å². The van der Waals surface area contributed by atoms with Crippen LogP contribution in [0.2, 0.25) is 0 Å². The average Bonchev–Trinajstić information content (AvgIpc) is 3.64. The molecular formula is C74H134N2O7P+. The van der Waals surface area contributed by atoms with Gasteiger partial charge >= 0.3 is 13.8 Å². The molecule has 0 aliphatic heterocycles. The first-order valence-corrected chi connectivity index (χ1v) is 36.6. The monoisotopic (exact) mass is 1190 g/mol. The normalized spacial score (nSPS) is 14.1. The number of unbranched alkanes of at least 4 members (excludes halogenated alkanes) is 33. The van der Waals surface area contributed by atoms with E-state index < -0.39 is 20.0 Å². The molecule has 0 aromatic heterocycles. The number of allylic oxidation sites excluding steroid dienone is 15. The smallest absolute Gasteiger partial charge is 0.456 e. The van der Waals surface area contributed by atoms with E-state index in [2.05, 4.69) is 111 Å². The van der Waals surface area contributed by atoms with Gasteiger partial charge in [-0.15, -0.1) is 0 Å². The summed E-state index contributed by atoms with van der Waals surface area (Å²) in [5, 5.41) is 3.07. The van der Waals surface area contributed by atoms with Crippen LogP contribution in [0.5, 0.6) is 0 Å². The predicted molar refractivity (Wildman–Crippen MR) is 364 cm³/mol. The Hall–Kier alpha value is -3.07. The van der Waals surface area contributed by atoms with Gasteiger partial charge in [-0.3, -0.25) is 18.6 Å². The van der Waals surface area contributed by atoms with E-state index in [1.807, 2.05) is 33.3 Å². The lowest BCUT2D eigenvalue weighted by Gasteiger charge is -2.27. The molecule has 2 N–H and O–H groups in total. The quantitative estimate of drug-likeness (QED) is 0.0205. The number of nitrogens with zero attached hydrogens (tertiary/aromatic N) is 1. The summed E-state index contributed by atoms with van der Waals surface area (Å²) in [4.78, 5) is 37.9. The number of phosphoric acid groups is 1. The molecule has 0 saturated carbocycles. The minimum Gasteiger partial charge on any atom is -0.456 e. The summed E-state index contributed by atoms with van der Waals surface area (Å²) in [6.07, 6.45) is 85.5. The summed E-state index contributed by atoms with van der Waals surface area (Å²) in [6.45, 7) is 6.90. The van der Waals surface area contributed by atoms with E-state index in [0.717, 1.165) is 122 Å². The molecule has 10 heteroatoms. The first-order valence-electron chi connectivity index (χ1n) is 35.1. The van der Waals surface area contributed by atoms with Gasteiger partial charge in [-0.2, -0.15) is 0 Å². The number of hydrogen-bond acceptors (Lipinski definition) is 6. The van der Waals surface area contributed by atoms with Gasteiger partial charge in [0.2, 0.25) is 5.91 Å². The minimum atomic E-state index is -4.46. The molecule has 3 atom stereocenters. The molecule has 0 bridgehead atoms. The zero-order valence-electron chi connectivity index (χ0n) is 55.6. The highest BCUT2D eigenvalue weighted by atomic mass is 31.2. The highest BCUT2D eigenvalue weighted by Gasteiger charge is 2.30. The summed E-state index contributed by atoms with van der Waals surface area (Å²) in [6, 6.07) is -0.861. The van der Waals surface area contributed by atoms with E-state index in [1.54, 1.807) is 0 Å². The first-order chi connectivity index (χ1) is 40.9. The lowest BCUT2D eigenvalue weighted by molar-refractivity contribution is -0.870. The van der Waals surface area contributed by atoms with Crippen LogP contribution >= 0.6 is 7.82 Å². The third-order valence-corrected chi connectivity index (χ3v) is 16.2. The largest absolute Gasteiger partial charge is 0.472 e. The van der Waals surface area contributed by atoms with Crippen LogP contribution in [0, 0.1) is 0 Å². The van der Waals surface area contributed by atoms with E-state index in [9.17, 15) is 19.0 Å². The molecule has 0 aromatic carbocycles. The number of rotatable bonds is 63. The number of likely N-dealkylation sites (N-methyl/N-ethyl adjacent to an activating group) is 1. The fraction of sp³-hybridized carbons (Fsp3) is 0.757. The Morgan fingerprint density at radius 1 is 0.429 bits per heavy atom. The summed E-state index contributed by atoms with van der Waals surface area (Å²) < 4.78 is 30.8. The summed E-state index contributed by atoms with van der Waals surface area (Å²) in [5.74, 6) is -0.519. The molecule has 0 rings (SSSR count). The number of esters is 1. The summed E-state index contributed by atoms with van der Waals surface area (Å²) >= 11 is 0. The molecule has 0 heterocycles. The number of amides is 1. The van der Waals surface area contributed by atoms with Gasteiger partial charge in [0.25, 0.3) is 0 Å². The maximum atomic E-state index is 13.6. The van der Waals surface area contributed by atoms with Gasteiger partial charge < -0.3 is 19.4 Å². The Morgan fingerprint density at radius 3 is 1.15 bits per heavy atom. The molecule has 84 heavy (non-hydrogen) atoms. The fourth-order valence-electron chi connectivity index (χ4n) is 9.88. The van der Waals surface area contributed by atoms with Crippen molar-refractivity contribution < 1.29 is 37.3 Å². The zero-order chi connectivity index (χ0) is 61.4. The highest BCUT2D eigenvalue weighted by Crippen LogP contribution is 2.43. The third-order valence-electron chi connectivity index (χ3n) is 15.3. The molecule has 0 fully saturated rings. The van der Waals surface area contributed by atoms with Crippen LogP contribution in [-0.4, -0.2) is 74.3 Å². The lowest BCUT2D eigenvalue weighted by atomic mass is 10.0. The van der Waals surface area contributed by atoms with Crippen molar-refractivity contribution in [2.24, 2.45) is 0 Å². The van der Waals surface area contributed by atoms with Gasteiger partial charge in [0.05, 0.1) is 33.8 Å². The molecular weight excluding hydrogens is 1060 g/mol. The molecule has 0 spiro atoms. The van der Waals surface area contributed by atoms with E-state index >= 15 is 0 Å². The second-order valence-corrected chi connectivity index (χ2v) is 26.1. The van der Waals surface area contributed by atoms with Crippen molar-refractivity contribution in [3.8, 4) is 0 Å². The van der Waals surface area contributed by atoms with Crippen LogP contribution in [0.4, 0.5) is 0 Å². The highest BCUT2D eigenvalue weighted by molar-refractivity contribution is 7.47. The number of ether oxygens (including phenoxy) is 1. The van der Waals surface area contributed by atoms with E-state index in [-0.39, 0.29) is 31.5 Å². The Balaban J connectivity index is 5.14. The van der Waals surface area contributed by atoms with Crippen LogP contribution in [0.3, 0.4) is 0 Å². The number of nitrogens with one attached hydrogen (secondary N) is 1. The third kappa shape index (κ3) is 63.4. The number of quaternary nitrogens is 1. The van der Waals surface area contributed by atoms with Crippen molar-refractivity contribution in [1.82, 2.24) is 5.32 Å². The van der Waals surface area contributed by atoms with Crippen LogP contribution < -0.4 is 5.32 Å². The molecule has 3 unspecified atom stereocenters. The number of hydrogen-bond donors (Lipinski definition) is 2. The molecule has 486 valence electrons. The van der Waals surface area contributed by atoms with Crippen LogP contribution in [0.15, 0.2) is 97.2 Å². The zero-order valence-corrected chi connectivity index (χ0v) is 56.5. The van der Waals surface area contributed by atoms with Crippen molar-refractivity contribution in [2.75, 3.05) is 40.9 Å². The summed E-state index contributed by atoms with van der Waals surface area (Å²) in [7, 11) is 1.48. The molecule has 9 nitrogen and oxygen atoms in total. The maximum absolute atomic E-state index is 13.6. The molecule has 1 amide bonds. The van der Waals surface area contributed by atoms with Gasteiger partial charge in [-0.05, 0) is 109 Å². The van der Waals surface area contributed by atoms with E-state index in [1.165, 1.54) is 154 Å². The second kappa shape index (κ2) is 63.0. The van der Waals surface area contributed by atoms with Crippen LogP contribution in [0.25, 0.3) is 0 Å². The molecule has 0 aromatic rings. The lowest BCUT2D eigenvalue weighted by Crippen LogP contribution is -2.47. The van der Waals surface area contributed by atoms with Gasteiger partial charge in [-0.25, -0.2) is 4.57 Å². The number of carbonyl (C=O) groups is 2. The SMILES string of the molecule is CC/C=C\C/C=C\C/C=C\C/C=C\C/C=C\C/C=C\CCCCCCCCC(=O)OC(/C=C/CCCCCCCCCCCC)C(COP(=O)(O)OCC[N+](C)(C)C)NC(=O)CCCCCCCCCCCCC/C=C/CCCCCCCC. The Kier molecular flexibility index (Phi) is 60.7. The van der Waals surface area contributed by atoms with Crippen molar-refractivity contribution in [1.29, 1.82) is 0 Å². The van der Waals surface area contributed by atoms with Crippen molar-refractivity contribution in [3.05, 3.63) is 97.2 Å². The van der Waals surface area contributed by atoms with Gasteiger partial charge in [0.15, 0.2) is 0 Å². The molecule has 0 radical (unpaired) electrons. The fourth-order valence-corrected chi connectivity index (χ4v) is 10.6. The molecule has 0 saturated heterocycles. The maximum Gasteiger partial charge on any atom is 0.472 e. The van der Waals surface area contributed by atoms with Crippen LogP contribution in [-0.2, 0) is 27.9 Å². The first kappa shape index (κ1) is 80.9. The molecule has 0 aliphatic carbocycles. The van der Waals surface area contributed by atoms with E-state index in [4.69, 9.17) is 13.8 Å². The topological polar surface area (TPSA) is 111 Å². The van der Waals surface area contributed by atoms with Crippen molar-refractivity contribution in [2.45, 2.75) is 322 Å². The van der Waals surface area contributed by atoms with Gasteiger partial charge in [-0.1, -0.05) is 285 Å². The standard InChI is InChI=1S/C74H133N2O7P/c1-7-10-13-16-19-22-25-28-30-32-34-36-37-38-39-41-43-45-47-49-52-55-58-61-64-67-74(78)83-72(65-62-59-56-53-50-27-24-21-18-15-12-9-3)71(70-82-84(79,80)81-69-68-76(4,5)6)75-73(77)66-63-60-57-54-51-48-46-44-42-40-35-33-31-29-26-23-20-17-14-11-8-2/h10,13,19,22,28-31,34,36,38-39,43,45,62,65,71-72H,7-9,11-12,14-18,20-21,23-27,32-33,35,37,40-42,44,46-61,63-64,66-70H2,1-6H3,(H-,75,77,79,80)/p+1/b13-10-,22-19-,30-28-,31-29+,36-34-,39-38-,45-43-,65-62+.